The Bertz CT molecular complexity index is 2320. The first-order chi connectivity index (χ1) is 21.6. The van der Waals surface area contributed by atoms with Crippen molar-refractivity contribution in [3.8, 4) is 44.9 Å². The van der Waals surface area contributed by atoms with Gasteiger partial charge in [0.2, 0.25) is 0 Å². The molecule has 0 radical (unpaired) electrons. The summed E-state index contributed by atoms with van der Waals surface area (Å²) >= 11 is 0. The number of hydrogen-bond acceptors (Lipinski definition) is 4. The zero-order chi connectivity index (χ0) is 29.6. The molecule has 0 spiro atoms. The minimum Gasteiger partial charge on any atom is -0.299 e. The number of nitrogens with zero attached hydrogens (tertiary/aromatic N) is 2. The van der Waals surface area contributed by atoms with Crippen molar-refractivity contribution in [2.75, 3.05) is 0 Å². The summed E-state index contributed by atoms with van der Waals surface area (Å²) in [4.78, 5) is 10.3. The first-order valence-electron chi connectivity index (χ1n) is 14.6. The number of fused-ring (bicyclic) bond motifs is 4. The molecular weight excluding hydrogens is 536 g/mol. The summed E-state index contributed by atoms with van der Waals surface area (Å²) < 4.78 is 0. The van der Waals surface area contributed by atoms with Gasteiger partial charge >= 0.3 is 0 Å². The topological polar surface area (TPSA) is 73.5 Å². The fraction of sp³-hybridized carbons (Fsp3) is 0. The van der Waals surface area contributed by atoms with Crippen LogP contribution in [-0.2, 0) is 0 Å². The molecule has 0 bridgehead atoms. The van der Waals surface area contributed by atoms with Crippen LogP contribution in [0.2, 0.25) is 0 Å². The molecule has 0 amide bonds. The molecule has 0 atom stereocenters. The molecule has 7 aromatic rings. The molecule has 6 aromatic carbocycles. The zero-order valence-corrected chi connectivity index (χ0v) is 23.8. The van der Waals surface area contributed by atoms with Crippen LogP contribution in [0.3, 0.4) is 0 Å². The molecule has 206 valence electrons. The average Bonchev–Trinajstić information content (AvgIpc) is 3.09. The second-order valence-corrected chi connectivity index (χ2v) is 11.0. The monoisotopic (exact) mass is 562 g/mol. The highest BCUT2D eigenvalue weighted by Gasteiger charge is 2.19. The number of hydrogen-bond donors (Lipinski definition) is 2. The third-order valence-corrected chi connectivity index (χ3v) is 8.33. The molecule has 0 saturated heterocycles. The lowest BCUT2D eigenvalue weighted by atomic mass is 9.87. The number of allylic oxidation sites excluding steroid dienone is 1. The van der Waals surface area contributed by atoms with Crippen LogP contribution in [0.4, 0.5) is 0 Å². The molecule has 1 aliphatic carbocycles. The van der Waals surface area contributed by atoms with Gasteiger partial charge in [0.15, 0.2) is 5.82 Å². The molecule has 8 rings (SSSR count). The number of para-hydroxylation sites is 1. The van der Waals surface area contributed by atoms with Crippen molar-refractivity contribution in [1.82, 2.24) is 9.97 Å². The van der Waals surface area contributed by atoms with Crippen molar-refractivity contribution in [3.05, 3.63) is 151 Å². The van der Waals surface area contributed by atoms with Crippen molar-refractivity contribution in [2.45, 2.75) is 0 Å². The van der Waals surface area contributed by atoms with E-state index in [1.54, 1.807) is 6.08 Å². The van der Waals surface area contributed by atoms with Gasteiger partial charge in [-0.15, -0.1) is 0 Å². The predicted molar refractivity (Wildman–Crippen MR) is 182 cm³/mol. The van der Waals surface area contributed by atoms with Gasteiger partial charge in [-0.2, -0.15) is 0 Å². The van der Waals surface area contributed by atoms with Gasteiger partial charge in [0.1, 0.15) is 0 Å². The zero-order valence-electron chi connectivity index (χ0n) is 23.8. The quantitative estimate of drug-likeness (QED) is 0.224. The van der Waals surface area contributed by atoms with Gasteiger partial charge in [-0.25, -0.2) is 9.97 Å². The van der Waals surface area contributed by atoms with Crippen molar-refractivity contribution >= 4 is 39.2 Å². The van der Waals surface area contributed by atoms with Crippen molar-refractivity contribution in [2.24, 2.45) is 0 Å². The van der Waals surface area contributed by atoms with Crippen LogP contribution in [0.25, 0.3) is 72.7 Å². The smallest absolute Gasteiger partial charge is 0.161 e. The van der Waals surface area contributed by atoms with E-state index in [0.29, 0.717) is 5.82 Å². The van der Waals surface area contributed by atoms with Crippen LogP contribution in [0.5, 0.6) is 0 Å². The van der Waals surface area contributed by atoms with E-state index in [9.17, 15) is 0 Å². The first-order valence-corrected chi connectivity index (χ1v) is 14.6. The first kappa shape index (κ1) is 25.7. The molecular formula is C40H26N4. The maximum Gasteiger partial charge on any atom is 0.161 e. The Hall–Kier alpha value is -6.00. The molecule has 0 saturated carbocycles. The maximum atomic E-state index is 8.67. The number of rotatable bonds is 4. The van der Waals surface area contributed by atoms with E-state index in [-0.39, 0.29) is 11.4 Å². The van der Waals surface area contributed by atoms with E-state index >= 15 is 0 Å². The summed E-state index contributed by atoms with van der Waals surface area (Å²) in [5.74, 6) is 0.659. The van der Waals surface area contributed by atoms with Gasteiger partial charge in [-0.3, -0.25) is 10.8 Å². The molecule has 1 aliphatic rings. The molecule has 0 fully saturated rings. The van der Waals surface area contributed by atoms with E-state index in [1.165, 1.54) is 0 Å². The van der Waals surface area contributed by atoms with Gasteiger partial charge in [-0.1, -0.05) is 121 Å². The molecule has 2 N–H and O–H groups in total. The lowest BCUT2D eigenvalue weighted by Gasteiger charge is -2.17. The SMILES string of the molecule is N=C1C=Cc2ccc3ccc(-c4ccccc4-c4nc(-c5cccc(-c6ccccc6)c5)c5ccccc5n4)cc3c2C1=N. The molecule has 1 aromatic heterocycles. The summed E-state index contributed by atoms with van der Waals surface area (Å²) in [6.45, 7) is 0. The highest BCUT2D eigenvalue weighted by molar-refractivity contribution is 6.53. The van der Waals surface area contributed by atoms with Crippen molar-refractivity contribution < 1.29 is 0 Å². The van der Waals surface area contributed by atoms with Crippen LogP contribution in [0, 0.1) is 10.8 Å². The third kappa shape index (κ3) is 4.32. The van der Waals surface area contributed by atoms with Gasteiger partial charge in [0.25, 0.3) is 0 Å². The fourth-order valence-electron chi connectivity index (χ4n) is 6.14. The van der Waals surface area contributed by atoms with Gasteiger partial charge in [0.05, 0.1) is 22.6 Å². The van der Waals surface area contributed by atoms with Crippen LogP contribution in [0.15, 0.2) is 140 Å². The maximum absolute atomic E-state index is 8.67. The normalized spacial score (nSPS) is 12.5. The second kappa shape index (κ2) is 10.4. The van der Waals surface area contributed by atoms with Crippen LogP contribution in [-0.4, -0.2) is 21.4 Å². The lowest BCUT2D eigenvalue weighted by molar-refractivity contribution is 1.23. The van der Waals surface area contributed by atoms with E-state index in [4.69, 9.17) is 20.8 Å². The summed E-state index contributed by atoms with van der Waals surface area (Å²) in [5.41, 5.74) is 10.3. The van der Waals surface area contributed by atoms with E-state index in [1.807, 2.05) is 48.5 Å². The summed E-state index contributed by atoms with van der Waals surface area (Å²) in [7, 11) is 0. The average molecular weight is 563 g/mol. The summed E-state index contributed by atoms with van der Waals surface area (Å²) in [6.07, 6.45) is 3.62. The second-order valence-electron chi connectivity index (χ2n) is 11.0. The molecule has 0 aliphatic heterocycles. The predicted octanol–water partition coefficient (Wildman–Crippen LogP) is 9.87. The summed E-state index contributed by atoms with van der Waals surface area (Å²) in [5, 5.41) is 19.9. The molecule has 44 heavy (non-hydrogen) atoms. The van der Waals surface area contributed by atoms with Gasteiger partial charge in [0, 0.05) is 22.1 Å². The molecule has 0 unspecified atom stereocenters. The molecule has 4 heteroatoms. The largest absolute Gasteiger partial charge is 0.299 e. The molecule has 4 nitrogen and oxygen atoms in total. The van der Waals surface area contributed by atoms with E-state index in [0.717, 1.165) is 71.9 Å². The Morgan fingerprint density at radius 3 is 2.09 bits per heavy atom. The number of aromatic nitrogens is 2. The third-order valence-electron chi connectivity index (χ3n) is 8.33. The van der Waals surface area contributed by atoms with Crippen LogP contribution < -0.4 is 0 Å². The Morgan fingerprint density at radius 1 is 0.477 bits per heavy atom. The fourth-order valence-corrected chi connectivity index (χ4v) is 6.14. The lowest BCUT2D eigenvalue weighted by Crippen LogP contribution is -2.16. The number of benzene rings is 6. The Balaban J connectivity index is 1.31. The standard InChI is InChI=1S/C40H26N4/c41-35-22-21-27-19-17-26-18-20-29(24-34(26)37(27)38(35)42)31-13-4-5-14-32(31)40-43-36-16-7-6-15-33(36)39(44-40)30-12-8-11-28(23-30)25-9-2-1-3-10-25/h1-24,41-42H. The highest BCUT2D eigenvalue weighted by atomic mass is 14.9. The summed E-state index contributed by atoms with van der Waals surface area (Å²) in [6, 6.07) is 45.8. The molecule has 1 heterocycles. The number of nitrogens with one attached hydrogen (secondary N) is 2. The van der Waals surface area contributed by atoms with E-state index < -0.39 is 0 Å². The minimum absolute atomic E-state index is 0.226. The Labute approximate surface area is 255 Å². The van der Waals surface area contributed by atoms with Gasteiger partial charge < -0.3 is 0 Å². The minimum atomic E-state index is 0.226. The van der Waals surface area contributed by atoms with Crippen LogP contribution >= 0.6 is 0 Å². The van der Waals surface area contributed by atoms with Crippen molar-refractivity contribution in [3.63, 3.8) is 0 Å². The van der Waals surface area contributed by atoms with Crippen LogP contribution in [0.1, 0.15) is 11.1 Å². The van der Waals surface area contributed by atoms with Crippen molar-refractivity contribution in [1.29, 1.82) is 10.8 Å². The Kier molecular flexibility index (Phi) is 6.05. The highest BCUT2D eigenvalue weighted by Crippen LogP contribution is 2.37. The van der Waals surface area contributed by atoms with Gasteiger partial charge in [-0.05, 0) is 62.9 Å². The Morgan fingerprint density at radius 2 is 1.20 bits per heavy atom. The van der Waals surface area contributed by atoms with E-state index in [2.05, 4.69) is 91.0 Å².